The predicted molar refractivity (Wildman–Crippen MR) is 104 cm³/mol. The fourth-order valence-electron chi connectivity index (χ4n) is 2.68. The fourth-order valence-corrected chi connectivity index (χ4v) is 2.68. The van der Waals surface area contributed by atoms with Gasteiger partial charge < -0.3 is 14.6 Å². The number of hydrogen-bond donors (Lipinski definition) is 2. The Morgan fingerprint density at radius 3 is 2.33 bits per heavy atom. The average molecular weight is 365 g/mol. The Balaban J connectivity index is 1.67. The van der Waals surface area contributed by atoms with Gasteiger partial charge in [-0.2, -0.15) is 0 Å². The van der Waals surface area contributed by atoms with Gasteiger partial charge in [0, 0.05) is 29.0 Å². The highest BCUT2D eigenvalue weighted by atomic mass is 16.5. The number of anilines is 2. The molecule has 0 unspecified atom stereocenters. The van der Waals surface area contributed by atoms with Gasteiger partial charge >= 0.3 is 6.09 Å². The van der Waals surface area contributed by atoms with E-state index < -0.39 is 6.09 Å². The normalized spacial score (nSPS) is 10.4. The van der Waals surface area contributed by atoms with E-state index in [0.717, 1.165) is 0 Å². The molecule has 0 fully saturated rings. The fraction of sp³-hybridized carbons (Fsp3) is 0.150. The molecule has 2 aromatic carbocycles. The number of carbonyl (C=O) groups excluding carboxylic acids is 2. The lowest BCUT2D eigenvalue weighted by molar-refractivity contribution is -0.116. The molecule has 2 amide bonds. The highest BCUT2D eigenvalue weighted by molar-refractivity contribution is 5.92. The molecule has 2 N–H and O–H groups in total. The molecule has 0 spiro atoms. The van der Waals surface area contributed by atoms with Crippen LogP contribution < -0.4 is 16.1 Å². The second kappa shape index (κ2) is 8.18. The van der Waals surface area contributed by atoms with Crippen LogP contribution in [0.25, 0.3) is 10.9 Å². The molecule has 0 aliphatic rings. The zero-order chi connectivity index (χ0) is 19.2. The summed E-state index contributed by atoms with van der Waals surface area (Å²) in [6, 6.07) is 15.3. The van der Waals surface area contributed by atoms with E-state index in [2.05, 4.69) is 10.6 Å². The molecule has 0 aliphatic carbocycles. The second-order valence-corrected chi connectivity index (χ2v) is 5.80. The molecule has 27 heavy (non-hydrogen) atoms. The van der Waals surface area contributed by atoms with Gasteiger partial charge in [-0.3, -0.25) is 14.9 Å². The Kier molecular flexibility index (Phi) is 5.51. The summed E-state index contributed by atoms with van der Waals surface area (Å²) in [4.78, 5) is 35.6. The number of benzene rings is 2. The molecule has 0 saturated heterocycles. The topological polar surface area (TPSA) is 89.4 Å². The summed E-state index contributed by atoms with van der Waals surface area (Å²) < 4.78 is 6.53. The molecule has 0 aliphatic heterocycles. The summed E-state index contributed by atoms with van der Waals surface area (Å²) in [6.07, 6.45) is 1.08. The quantitative estimate of drug-likeness (QED) is 0.727. The number of fused-ring (bicyclic) bond motifs is 1. The van der Waals surface area contributed by atoms with Crippen molar-refractivity contribution in [3.05, 3.63) is 71.0 Å². The lowest BCUT2D eigenvalue weighted by Gasteiger charge is -2.11. The summed E-state index contributed by atoms with van der Waals surface area (Å²) in [7, 11) is 0. The largest absolute Gasteiger partial charge is 0.450 e. The molecule has 138 valence electrons. The van der Waals surface area contributed by atoms with E-state index in [0.29, 0.717) is 28.9 Å². The maximum absolute atomic E-state index is 12.4. The Morgan fingerprint density at radius 2 is 1.63 bits per heavy atom. The van der Waals surface area contributed by atoms with E-state index in [1.54, 1.807) is 60.2 Å². The minimum Gasteiger partial charge on any atom is -0.450 e. The van der Waals surface area contributed by atoms with Gasteiger partial charge in [0.2, 0.25) is 5.91 Å². The van der Waals surface area contributed by atoms with Crippen molar-refractivity contribution in [2.45, 2.75) is 13.5 Å². The van der Waals surface area contributed by atoms with Crippen molar-refractivity contribution >= 4 is 34.3 Å². The zero-order valence-electron chi connectivity index (χ0n) is 14.8. The first-order chi connectivity index (χ1) is 13.1. The van der Waals surface area contributed by atoms with Crippen LogP contribution in [0.3, 0.4) is 0 Å². The van der Waals surface area contributed by atoms with Crippen molar-refractivity contribution < 1.29 is 14.3 Å². The number of nitrogens with zero attached hydrogens (tertiary/aromatic N) is 1. The number of hydrogen-bond acceptors (Lipinski definition) is 4. The first-order valence-electron chi connectivity index (χ1n) is 8.48. The van der Waals surface area contributed by atoms with Crippen LogP contribution in [0.1, 0.15) is 6.92 Å². The minimum atomic E-state index is -0.528. The smallest absolute Gasteiger partial charge is 0.411 e. The Labute approximate surface area is 155 Å². The molecular formula is C20H19N3O4. The van der Waals surface area contributed by atoms with Crippen LogP contribution in [0.15, 0.2) is 65.6 Å². The Bertz CT molecular complexity index is 1030. The first-order valence-corrected chi connectivity index (χ1v) is 8.48. The molecule has 7 nitrogen and oxygen atoms in total. The van der Waals surface area contributed by atoms with E-state index in [-0.39, 0.29) is 17.9 Å². The number of pyridine rings is 1. The van der Waals surface area contributed by atoms with E-state index in [4.69, 9.17) is 4.74 Å². The highest BCUT2D eigenvalue weighted by Crippen LogP contribution is 2.15. The summed E-state index contributed by atoms with van der Waals surface area (Å²) in [5, 5.41) is 5.95. The molecular weight excluding hydrogens is 346 g/mol. The van der Waals surface area contributed by atoms with E-state index >= 15 is 0 Å². The molecule has 3 aromatic rings. The molecule has 0 saturated carbocycles. The molecule has 3 rings (SSSR count). The predicted octanol–water partition coefficient (Wildman–Crippen LogP) is 3.21. The van der Waals surface area contributed by atoms with Gasteiger partial charge in [0.25, 0.3) is 0 Å². The van der Waals surface area contributed by atoms with Crippen LogP contribution >= 0.6 is 0 Å². The third-order valence-electron chi connectivity index (χ3n) is 3.89. The van der Waals surface area contributed by atoms with Crippen molar-refractivity contribution in [3.8, 4) is 0 Å². The van der Waals surface area contributed by atoms with Crippen LogP contribution in [0.5, 0.6) is 0 Å². The van der Waals surface area contributed by atoms with E-state index in [1.807, 2.05) is 6.07 Å². The third kappa shape index (κ3) is 4.52. The summed E-state index contributed by atoms with van der Waals surface area (Å²) >= 11 is 0. The first kappa shape index (κ1) is 18.2. The van der Waals surface area contributed by atoms with Crippen LogP contribution in [-0.4, -0.2) is 23.2 Å². The Hall–Kier alpha value is -3.61. The number of rotatable bonds is 5. The summed E-state index contributed by atoms with van der Waals surface area (Å²) in [6.45, 7) is 2.09. The number of amides is 2. The average Bonchev–Trinajstić information content (AvgIpc) is 2.66. The van der Waals surface area contributed by atoms with Crippen molar-refractivity contribution in [1.82, 2.24) is 4.57 Å². The maximum atomic E-state index is 12.4. The number of aromatic nitrogens is 1. The Morgan fingerprint density at radius 1 is 0.963 bits per heavy atom. The van der Waals surface area contributed by atoms with Gasteiger partial charge in [-0.25, -0.2) is 4.79 Å². The van der Waals surface area contributed by atoms with Crippen molar-refractivity contribution in [3.63, 3.8) is 0 Å². The maximum Gasteiger partial charge on any atom is 0.411 e. The van der Waals surface area contributed by atoms with Gasteiger partial charge in [-0.15, -0.1) is 0 Å². The van der Waals surface area contributed by atoms with Crippen LogP contribution in [0.4, 0.5) is 16.2 Å². The summed E-state index contributed by atoms with van der Waals surface area (Å²) in [5.74, 6) is -0.227. The molecule has 0 radical (unpaired) electrons. The number of carbonyl (C=O) groups is 2. The monoisotopic (exact) mass is 365 g/mol. The third-order valence-corrected chi connectivity index (χ3v) is 3.89. The molecule has 7 heteroatoms. The second-order valence-electron chi connectivity index (χ2n) is 5.80. The lowest BCUT2D eigenvalue weighted by Crippen LogP contribution is -2.20. The zero-order valence-corrected chi connectivity index (χ0v) is 14.8. The molecule has 0 atom stereocenters. The van der Waals surface area contributed by atoms with Crippen LogP contribution in [0.2, 0.25) is 0 Å². The summed E-state index contributed by atoms with van der Waals surface area (Å²) in [5.41, 5.74) is 1.79. The van der Waals surface area contributed by atoms with Gasteiger partial charge in [0.15, 0.2) is 5.43 Å². The van der Waals surface area contributed by atoms with E-state index in [9.17, 15) is 14.4 Å². The number of para-hydroxylation sites is 1. The van der Waals surface area contributed by atoms with Crippen LogP contribution in [-0.2, 0) is 16.1 Å². The van der Waals surface area contributed by atoms with Crippen molar-refractivity contribution in [2.24, 2.45) is 0 Å². The van der Waals surface area contributed by atoms with Gasteiger partial charge in [0.05, 0.1) is 12.1 Å². The van der Waals surface area contributed by atoms with Crippen molar-refractivity contribution in [2.75, 3.05) is 17.2 Å². The standard InChI is InChI=1S/C20H19N3O4/c1-2-27-20(26)22-15-9-7-14(8-10-15)21-19(25)13-23-12-11-18(24)16-5-3-4-6-17(16)23/h3-12H,2,13H2,1H3,(H,21,25)(H,22,26). The molecule has 0 bridgehead atoms. The number of nitrogens with one attached hydrogen (secondary N) is 2. The minimum absolute atomic E-state index is 0.0730. The van der Waals surface area contributed by atoms with E-state index in [1.165, 1.54) is 6.07 Å². The highest BCUT2D eigenvalue weighted by Gasteiger charge is 2.08. The molecule has 1 aromatic heterocycles. The SMILES string of the molecule is CCOC(=O)Nc1ccc(NC(=O)Cn2ccc(=O)c3ccccc32)cc1. The van der Waals surface area contributed by atoms with Crippen LogP contribution in [0, 0.1) is 0 Å². The van der Waals surface area contributed by atoms with Gasteiger partial charge in [-0.1, -0.05) is 12.1 Å². The van der Waals surface area contributed by atoms with Gasteiger partial charge in [0.1, 0.15) is 6.54 Å². The lowest BCUT2D eigenvalue weighted by atomic mass is 10.2. The van der Waals surface area contributed by atoms with Crippen molar-refractivity contribution in [1.29, 1.82) is 0 Å². The van der Waals surface area contributed by atoms with Gasteiger partial charge in [-0.05, 0) is 43.3 Å². The molecule has 1 heterocycles. The number of ether oxygens (including phenoxy) is 1.